The van der Waals surface area contributed by atoms with Crippen molar-refractivity contribution in [2.24, 2.45) is 5.92 Å². The van der Waals surface area contributed by atoms with E-state index in [0.29, 0.717) is 0 Å². The lowest BCUT2D eigenvalue weighted by molar-refractivity contribution is -0.134. The number of nitrogens with one attached hydrogen (secondary N) is 1. The summed E-state index contributed by atoms with van der Waals surface area (Å²) in [5.41, 5.74) is 0. The first-order valence-electron chi connectivity index (χ1n) is 7.50. The highest BCUT2D eigenvalue weighted by molar-refractivity contribution is 9.10. The number of hydrogen-bond donors (Lipinski definition) is 1. The first-order chi connectivity index (χ1) is 10.2. The molecule has 1 aliphatic rings. The van der Waals surface area contributed by atoms with E-state index < -0.39 is 0 Å². The second-order valence-electron chi connectivity index (χ2n) is 5.46. The highest BCUT2D eigenvalue weighted by atomic mass is 79.9. The van der Waals surface area contributed by atoms with E-state index >= 15 is 0 Å². The molecular formula is C16H24BrClN2O2. The smallest absolute Gasteiger partial charge is 0.260 e. The third-order valence-electron chi connectivity index (χ3n) is 3.93. The largest absolute Gasteiger partial charge is 0.484 e. The predicted octanol–water partition coefficient (Wildman–Crippen LogP) is 3.10. The summed E-state index contributed by atoms with van der Waals surface area (Å²) < 4.78 is 6.52. The molecule has 1 heterocycles. The van der Waals surface area contributed by atoms with Gasteiger partial charge in [0.15, 0.2) is 6.61 Å². The number of ether oxygens (including phenoxy) is 1. The fourth-order valence-corrected chi connectivity index (χ4v) is 2.99. The van der Waals surface area contributed by atoms with E-state index in [0.717, 1.165) is 48.6 Å². The molecule has 0 radical (unpaired) electrons. The number of piperidine rings is 1. The van der Waals surface area contributed by atoms with Crippen LogP contribution >= 0.6 is 28.3 Å². The van der Waals surface area contributed by atoms with Crippen molar-refractivity contribution in [2.75, 3.05) is 33.3 Å². The van der Waals surface area contributed by atoms with Gasteiger partial charge in [-0.1, -0.05) is 22.0 Å². The molecule has 1 aromatic rings. The molecule has 124 valence electrons. The lowest BCUT2D eigenvalue weighted by atomic mass is 9.93. The minimum atomic E-state index is 0. The zero-order valence-corrected chi connectivity index (χ0v) is 15.3. The summed E-state index contributed by atoms with van der Waals surface area (Å²) in [7, 11) is 1.98. The molecule has 1 amide bonds. The van der Waals surface area contributed by atoms with Crippen molar-refractivity contribution in [3.8, 4) is 5.75 Å². The minimum Gasteiger partial charge on any atom is -0.484 e. The van der Waals surface area contributed by atoms with Gasteiger partial charge in [0.25, 0.3) is 5.91 Å². The first kappa shape index (κ1) is 19.3. The van der Waals surface area contributed by atoms with Gasteiger partial charge in [-0.3, -0.25) is 4.79 Å². The Morgan fingerprint density at radius 1 is 1.41 bits per heavy atom. The molecule has 1 aromatic carbocycles. The number of benzene rings is 1. The van der Waals surface area contributed by atoms with Crippen LogP contribution in [-0.2, 0) is 4.79 Å². The third-order valence-corrected chi connectivity index (χ3v) is 4.42. The van der Waals surface area contributed by atoms with Crippen LogP contribution in [0.1, 0.15) is 19.3 Å². The Bertz CT molecular complexity index is 465. The number of carbonyl (C=O) groups excluding carboxylic acids is 1. The van der Waals surface area contributed by atoms with Gasteiger partial charge in [0, 0.05) is 17.6 Å². The SMILES string of the molecule is CNCCC1CCN(C(=O)COc2cccc(Br)c2)CC1.Cl. The number of nitrogens with zero attached hydrogens (tertiary/aromatic N) is 1. The molecule has 0 aromatic heterocycles. The normalized spacial score (nSPS) is 15.3. The molecule has 0 saturated carbocycles. The summed E-state index contributed by atoms with van der Waals surface area (Å²) in [6.45, 7) is 2.90. The van der Waals surface area contributed by atoms with Gasteiger partial charge in [-0.15, -0.1) is 12.4 Å². The van der Waals surface area contributed by atoms with Crippen molar-refractivity contribution < 1.29 is 9.53 Å². The first-order valence-corrected chi connectivity index (χ1v) is 8.29. The molecule has 1 fully saturated rings. The highest BCUT2D eigenvalue weighted by Crippen LogP contribution is 2.21. The molecule has 1 saturated heterocycles. The molecule has 1 N–H and O–H groups in total. The molecule has 6 heteroatoms. The summed E-state index contributed by atoms with van der Waals surface area (Å²) in [4.78, 5) is 14.1. The minimum absolute atomic E-state index is 0. The van der Waals surface area contributed by atoms with Crippen molar-refractivity contribution in [3.05, 3.63) is 28.7 Å². The Balaban J connectivity index is 0.00000242. The van der Waals surface area contributed by atoms with Gasteiger partial charge < -0.3 is 15.0 Å². The zero-order valence-electron chi connectivity index (χ0n) is 12.9. The van der Waals surface area contributed by atoms with Crippen LogP contribution in [0, 0.1) is 5.92 Å². The van der Waals surface area contributed by atoms with Crippen LogP contribution in [-0.4, -0.2) is 44.1 Å². The second-order valence-corrected chi connectivity index (χ2v) is 6.38. The van der Waals surface area contributed by atoms with Gasteiger partial charge in [0.05, 0.1) is 0 Å². The summed E-state index contributed by atoms with van der Waals surface area (Å²) in [5.74, 6) is 1.55. The Morgan fingerprint density at radius 3 is 2.77 bits per heavy atom. The van der Waals surface area contributed by atoms with Crippen LogP contribution in [0.15, 0.2) is 28.7 Å². The topological polar surface area (TPSA) is 41.6 Å². The van der Waals surface area contributed by atoms with E-state index in [4.69, 9.17) is 4.74 Å². The number of likely N-dealkylation sites (tertiary alicyclic amines) is 1. The highest BCUT2D eigenvalue weighted by Gasteiger charge is 2.22. The maximum Gasteiger partial charge on any atom is 0.260 e. The van der Waals surface area contributed by atoms with Crippen LogP contribution < -0.4 is 10.1 Å². The number of halogens is 2. The molecular weight excluding hydrogens is 368 g/mol. The summed E-state index contributed by atoms with van der Waals surface area (Å²) >= 11 is 3.39. The fraction of sp³-hybridized carbons (Fsp3) is 0.562. The monoisotopic (exact) mass is 390 g/mol. The second kappa shape index (κ2) is 10.1. The van der Waals surface area contributed by atoms with Crippen LogP contribution in [0.4, 0.5) is 0 Å². The Hall–Kier alpha value is -0.780. The standard InChI is InChI=1S/C16H23BrN2O2.ClH/c1-18-8-5-13-6-9-19(10-7-13)16(20)12-21-15-4-2-3-14(17)11-15;/h2-4,11,13,18H,5-10,12H2,1H3;1H. The van der Waals surface area contributed by atoms with E-state index in [1.54, 1.807) is 0 Å². The Morgan fingerprint density at radius 2 is 2.14 bits per heavy atom. The maximum atomic E-state index is 12.2. The molecule has 0 atom stereocenters. The molecule has 0 unspecified atom stereocenters. The quantitative estimate of drug-likeness (QED) is 0.810. The molecule has 0 bridgehead atoms. The van der Waals surface area contributed by atoms with Crippen LogP contribution in [0.3, 0.4) is 0 Å². The van der Waals surface area contributed by atoms with E-state index in [1.165, 1.54) is 6.42 Å². The average Bonchev–Trinajstić information content (AvgIpc) is 2.51. The summed E-state index contributed by atoms with van der Waals surface area (Å²) in [6, 6.07) is 7.57. The number of amides is 1. The predicted molar refractivity (Wildman–Crippen MR) is 94.7 cm³/mol. The van der Waals surface area contributed by atoms with E-state index in [2.05, 4.69) is 21.2 Å². The third kappa shape index (κ3) is 6.15. The molecule has 0 aliphatic carbocycles. The molecule has 1 aliphatic heterocycles. The summed E-state index contributed by atoms with van der Waals surface area (Å²) in [6.07, 6.45) is 3.40. The lowest BCUT2D eigenvalue weighted by Crippen LogP contribution is -2.41. The van der Waals surface area contributed by atoms with Crippen LogP contribution in [0.5, 0.6) is 5.75 Å². The zero-order chi connectivity index (χ0) is 15.1. The van der Waals surface area contributed by atoms with Crippen molar-refractivity contribution >= 4 is 34.2 Å². The van der Waals surface area contributed by atoms with Crippen molar-refractivity contribution in [3.63, 3.8) is 0 Å². The van der Waals surface area contributed by atoms with Gasteiger partial charge in [0.1, 0.15) is 5.75 Å². The van der Waals surface area contributed by atoms with Gasteiger partial charge in [-0.25, -0.2) is 0 Å². The van der Waals surface area contributed by atoms with Crippen molar-refractivity contribution in [2.45, 2.75) is 19.3 Å². The average molecular weight is 392 g/mol. The van der Waals surface area contributed by atoms with Crippen molar-refractivity contribution in [1.29, 1.82) is 0 Å². The van der Waals surface area contributed by atoms with Gasteiger partial charge in [-0.2, -0.15) is 0 Å². The fourth-order valence-electron chi connectivity index (χ4n) is 2.61. The van der Waals surface area contributed by atoms with E-state index in [-0.39, 0.29) is 24.9 Å². The van der Waals surface area contributed by atoms with Gasteiger partial charge >= 0.3 is 0 Å². The summed E-state index contributed by atoms with van der Waals surface area (Å²) in [5, 5.41) is 3.19. The number of rotatable bonds is 6. The Labute approximate surface area is 147 Å². The molecule has 4 nitrogen and oxygen atoms in total. The number of carbonyl (C=O) groups is 1. The van der Waals surface area contributed by atoms with Crippen LogP contribution in [0.25, 0.3) is 0 Å². The van der Waals surface area contributed by atoms with Crippen molar-refractivity contribution in [1.82, 2.24) is 10.2 Å². The maximum absolute atomic E-state index is 12.2. The lowest BCUT2D eigenvalue weighted by Gasteiger charge is -2.32. The van der Waals surface area contributed by atoms with Crippen LogP contribution in [0.2, 0.25) is 0 Å². The van der Waals surface area contributed by atoms with E-state index in [9.17, 15) is 4.79 Å². The van der Waals surface area contributed by atoms with Gasteiger partial charge in [0.2, 0.25) is 0 Å². The molecule has 22 heavy (non-hydrogen) atoms. The Kier molecular flexibility index (Phi) is 8.83. The molecule has 2 rings (SSSR count). The number of hydrogen-bond acceptors (Lipinski definition) is 3. The van der Waals surface area contributed by atoms with E-state index in [1.807, 2.05) is 36.2 Å². The van der Waals surface area contributed by atoms with Gasteiger partial charge in [-0.05, 0) is 57.0 Å². The molecule has 0 spiro atoms.